The molecule has 1 aromatic rings. The summed E-state index contributed by atoms with van der Waals surface area (Å²) in [6.45, 7) is 6.60. The Kier molecular flexibility index (Phi) is 4.61. The zero-order valence-corrected chi connectivity index (χ0v) is 10.9. The third-order valence-corrected chi connectivity index (χ3v) is 2.49. The fourth-order valence-corrected chi connectivity index (χ4v) is 1.57. The van der Waals surface area contributed by atoms with Gasteiger partial charge in [0.25, 0.3) is 0 Å². The van der Waals surface area contributed by atoms with E-state index in [0.717, 1.165) is 15.8 Å². The van der Waals surface area contributed by atoms with Gasteiger partial charge >= 0.3 is 0 Å². The molecule has 1 atom stereocenters. The van der Waals surface area contributed by atoms with Crippen LogP contribution in [0.15, 0.2) is 22.7 Å². The van der Waals surface area contributed by atoms with Crippen LogP contribution >= 0.6 is 15.9 Å². The van der Waals surface area contributed by atoms with Crippen LogP contribution in [-0.4, -0.2) is 11.7 Å². The molecule has 0 saturated heterocycles. The van der Waals surface area contributed by atoms with Crippen molar-refractivity contribution in [2.24, 2.45) is 5.92 Å². The predicted molar refractivity (Wildman–Crippen MR) is 65.1 cm³/mol. The fourth-order valence-electron chi connectivity index (χ4n) is 1.23. The first-order chi connectivity index (χ1) is 7.00. The normalized spacial score (nSPS) is 12.9. The topological polar surface area (TPSA) is 29.5 Å². The SMILES string of the molecule is CC(C)COc1cc(Br)ccc1C(C)O. The quantitative estimate of drug-likeness (QED) is 0.909. The summed E-state index contributed by atoms with van der Waals surface area (Å²) in [5.41, 5.74) is 0.832. The minimum Gasteiger partial charge on any atom is -0.493 e. The molecular weight excluding hydrogens is 256 g/mol. The second-order valence-electron chi connectivity index (χ2n) is 4.06. The molecule has 84 valence electrons. The van der Waals surface area contributed by atoms with E-state index in [4.69, 9.17) is 4.74 Å². The molecule has 0 amide bonds. The smallest absolute Gasteiger partial charge is 0.126 e. The number of aliphatic hydroxyl groups excluding tert-OH is 1. The molecule has 2 nitrogen and oxygen atoms in total. The Labute approximate surface area is 99.4 Å². The molecule has 1 N–H and O–H groups in total. The van der Waals surface area contributed by atoms with E-state index in [9.17, 15) is 5.11 Å². The molecule has 0 aliphatic carbocycles. The molecule has 0 heterocycles. The van der Waals surface area contributed by atoms with Crippen LogP contribution in [0.25, 0.3) is 0 Å². The van der Waals surface area contributed by atoms with E-state index in [1.807, 2.05) is 18.2 Å². The number of rotatable bonds is 4. The van der Waals surface area contributed by atoms with Gasteiger partial charge < -0.3 is 9.84 Å². The largest absolute Gasteiger partial charge is 0.493 e. The lowest BCUT2D eigenvalue weighted by atomic mass is 10.1. The maximum Gasteiger partial charge on any atom is 0.126 e. The lowest BCUT2D eigenvalue weighted by Gasteiger charge is -2.15. The average molecular weight is 273 g/mol. The van der Waals surface area contributed by atoms with Gasteiger partial charge in [-0.3, -0.25) is 0 Å². The number of hydrogen-bond donors (Lipinski definition) is 1. The molecule has 0 spiro atoms. The third-order valence-electron chi connectivity index (χ3n) is 2.00. The summed E-state index contributed by atoms with van der Waals surface area (Å²) in [6.07, 6.45) is -0.500. The number of benzene rings is 1. The van der Waals surface area contributed by atoms with Crippen LogP contribution in [0.4, 0.5) is 0 Å². The van der Waals surface area contributed by atoms with Gasteiger partial charge in [-0.15, -0.1) is 0 Å². The first kappa shape index (κ1) is 12.5. The van der Waals surface area contributed by atoms with Crippen LogP contribution in [-0.2, 0) is 0 Å². The maximum absolute atomic E-state index is 9.57. The van der Waals surface area contributed by atoms with Crippen molar-refractivity contribution in [2.75, 3.05) is 6.61 Å². The van der Waals surface area contributed by atoms with Gasteiger partial charge in [-0.2, -0.15) is 0 Å². The molecule has 15 heavy (non-hydrogen) atoms. The Balaban J connectivity index is 2.87. The second kappa shape index (κ2) is 5.52. The second-order valence-corrected chi connectivity index (χ2v) is 4.98. The highest BCUT2D eigenvalue weighted by Crippen LogP contribution is 2.28. The van der Waals surface area contributed by atoms with Gasteiger partial charge in [0, 0.05) is 10.0 Å². The zero-order valence-electron chi connectivity index (χ0n) is 9.33. The minimum absolute atomic E-state index is 0.478. The Bertz CT molecular complexity index is 321. The van der Waals surface area contributed by atoms with Gasteiger partial charge in [0.1, 0.15) is 5.75 Å². The first-order valence-electron chi connectivity index (χ1n) is 5.11. The number of hydrogen-bond acceptors (Lipinski definition) is 2. The summed E-state index contributed by atoms with van der Waals surface area (Å²) in [6, 6.07) is 5.68. The van der Waals surface area contributed by atoms with Gasteiger partial charge in [0.15, 0.2) is 0 Å². The number of halogens is 1. The summed E-state index contributed by atoms with van der Waals surface area (Å²) < 4.78 is 6.61. The molecular formula is C12H17BrO2. The summed E-state index contributed by atoms with van der Waals surface area (Å²) in [4.78, 5) is 0. The van der Waals surface area contributed by atoms with Gasteiger partial charge in [0.05, 0.1) is 12.7 Å². The molecule has 0 radical (unpaired) electrons. The number of aliphatic hydroxyl groups is 1. The average Bonchev–Trinajstić information content (AvgIpc) is 2.14. The van der Waals surface area contributed by atoms with Crippen LogP contribution in [0.5, 0.6) is 5.75 Å². The Hall–Kier alpha value is -0.540. The van der Waals surface area contributed by atoms with Crippen molar-refractivity contribution in [3.05, 3.63) is 28.2 Å². The van der Waals surface area contributed by atoms with Crippen LogP contribution < -0.4 is 4.74 Å². The highest BCUT2D eigenvalue weighted by Gasteiger charge is 2.10. The Morgan fingerprint density at radius 2 is 2.00 bits per heavy atom. The van der Waals surface area contributed by atoms with Gasteiger partial charge in [0.2, 0.25) is 0 Å². The van der Waals surface area contributed by atoms with E-state index >= 15 is 0 Å². The predicted octanol–water partition coefficient (Wildman–Crippen LogP) is 3.54. The molecule has 0 saturated carbocycles. The van der Waals surface area contributed by atoms with Gasteiger partial charge in [-0.1, -0.05) is 35.8 Å². The van der Waals surface area contributed by atoms with E-state index in [-0.39, 0.29) is 0 Å². The molecule has 1 rings (SSSR count). The van der Waals surface area contributed by atoms with Crippen LogP contribution in [0, 0.1) is 5.92 Å². The summed E-state index contributed by atoms with van der Waals surface area (Å²) in [5.74, 6) is 1.24. The highest BCUT2D eigenvalue weighted by molar-refractivity contribution is 9.10. The lowest BCUT2D eigenvalue weighted by molar-refractivity contribution is 0.188. The van der Waals surface area contributed by atoms with Crippen LogP contribution in [0.1, 0.15) is 32.4 Å². The van der Waals surface area contributed by atoms with Gasteiger partial charge in [-0.25, -0.2) is 0 Å². The molecule has 0 fully saturated rings. The van der Waals surface area contributed by atoms with Crippen LogP contribution in [0.3, 0.4) is 0 Å². The zero-order chi connectivity index (χ0) is 11.4. The van der Waals surface area contributed by atoms with Crippen molar-refractivity contribution in [1.29, 1.82) is 0 Å². The van der Waals surface area contributed by atoms with E-state index in [0.29, 0.717) is 12.5 Å². The van der Waals surface area contributed by atoms with Gasteiger partial charge in [-0.05, 0) is 25.0 Å². The fraction of sp³-hybridized carbons (Fsp3) is 0.500. The van der Waals surface area contributed by atoms with E-state index in [1.54, 1.807) is 6.92 Å². The monoisotopic (exact) mass is 272 g/mol. The summed E-state index contributed by atoms with van der Waals surface area (Å²) >= 11 is 3.39. The summed E-state index contributed by atoms with van der Waals surface area (Å²) in [7, 11) is 0. The van der Waals surface area contributed by atoms with Crippen molar-refractivity contribution in [2.45, 2.75) is 26.9 Å². The summed E-state index contributed by atoms with van der Waals surface area (Å²) in [5, 5.41) is 9.57. The molecule has 0 aliphatic heterocycles. The highest BCUT2D eigenvalue weighted by atomic mass is 79.9. The van der Waals surface area contributed by atoms with E-state index < -0.39 is 6.10 Å². The lowest BCUT2D eigenvalue weighted by Crippen LogP contribution is -2.07. The van der Waals surface area contributed by atoms with Crippen molar-refractivity contribution in [1.82, 2.24) is 0 Å². The standard InChI is InChI=1S/C12H17BrO2/c1-8(2)7-15-12-6-10(13)4-5-11(12)9(3)14/h4-6,8-9,14H,7H2,1-3H3. The molecule has 1 aromatic carbocycles. The minimum atomic E-state index is -0.500. The molecule has 1 unspecified atom stereocenters. The molecule has 0 bridgehead atoms. The van der Waals surface area contributed by atoms with E-state index in [1.165, 1.54) is 0 Å². The molecule has 0 aliphatic rings. The molecule has 0 aromatic heterocycles. The van der Waals surface area contributed by atoms with Crippen molar-refractivity contribution >= 4 is 15.9 Å². The maximum atomic E-state index is 9.57. The number of ether oxygens (including phenoxy) is 1. The van der Waals surface area contributed by atoms with Crippen molar-refractivity contribution in [3.63, 3.8) is 0 Å². The Morgan fingerprint density at radius 3 is 2.53 bits per heavy atom. The van der Waals surface area contributed by atoms with E-state index in [2.05, 4.69) is 29.8 Å². The van der Waals surface area contributed by atoms with Crippen molar-refractivity contribution in [3.8, 4) is 5.75 Å². The third kappa shape index (κ3) is 3.84. The van der Waals surface area contributed by atoms with Crippen molar-refractivity contribution < 1.29 is 9.84 Å². The van der Waals surface area contributed by atoms with Crippen LogP contribution in [0.2, 0.25) is 0 Å². The molecule has 3 heteroatoms. The first-order valence-corrected chi connectivity index (χ1v) is 5.90. The Morgan fingerprint density at radius 1 is 1.33 bits per heavy atom.